The number of methoxy groups -OCH3 is 1. The average molecular weight is 130 g/mol. The second-order valence-corrected chi connectivity index (χ2v) is 1.46. The van der Waals surface area contributed by atoms with Crippen LogP contribution in [0, 0.1) is 0 Å². The first-order valence-corrected chi connectivity index (χ1v) is 2.59. The first-order chi connectivity index (χ1) is 4.20. The van der Waals surface area contributed by atoms with Gasteiger partial charge < -0.3 is 9.47 Å². The number of carbonyl (C=O) groups excluding carboxylic acids is 1. The van der Waals surface area contributed by atoms with Crippen molar-refractivity contribution < 1.29 is 14.3 Å². The quantitative estimate of drug-likeness (QED) is 0.400. The normalized spacial score (nSPS) is 10.8. The molecule has 0 aromatic carbocycles. The highest BCUT2D eigenvalue weighted by atomic mass is 16.7. The SMILES string of the molecule is C/C=C(\C)OC(=O)OC. The summed E-state index contributed by atoms with van der Waals surface area (Å²) in [4.78, 5) is 10.3. The zero-order valence-electron chi connectivity index (χ0n) is 5.80. The van der Waals surface area contributed by atoms with E-state index in [9.17, 15) is 4.79 Å². The van der Waals surface area contributed by atoms with Gasteiger partial charge in [0.2, 0.25) is 0 Å². The molecule has 0 amide bonds. The van der Waals surface area contributed by atoms with Crippen LogP contribution in [-0.2, 0) is 9.47 Å². The first-order valence-electron chi connectivity index (χ1n) is 2.59. The zero-order valence-corrected chi connectivity index (χ0v) is 5.80. The lowest BCUT2D eigenvalue weighted by molar-refractivity contribution is 0.0974. The van der Waals surface area contributed by atoms with E-state index in [4.69, 9.17) is 0 Å². The molecule has 0 radical (unpaired) electrons. The van der Waals surface area contributed by atoms with E-state index in [2.05, 4.69) is 9.47 Å². The Morgan fingerprint density at radius 2 is 2.11 bits per heavy atom. The molecule has 0 unspecified atom stereocenters. The molecule has 0 saturated carbocycles. The molecular formula is C6H10O3. The van der Waals surface area contributed by atoms with Gasteiger partial charge >= 0.3 is 6.16 Å². The monoisotopic (exact) mass is 130 g/mol. The van der Waals surface area contributed by atoms with Crippen LogP contribution < -0.4 is 0 Å². The van der Waals surface area contributed by atoms with Gasteiger partial charge in [0.1, 0.15) is 5.76 Å². The standard InChI is InChI=1S/C6H10O3/c1-4-5(2)9-6(7)8-3/h4H,1-3H3/b5-4+. The molecule has 9 heavy (non-hydrogen) atoms. The molecule has 0 fully saturated rings. The van der Waals surface area contributed by atoms with Crippen molar-refractivity contribution in [3.8, 4) is 0 Å². The van der Waals surface area contributed by atoms with Crippen molar-refractivity contribution >= 4 is 6.16 Å². The van der Waals surface area contributed by atoms with Crippen LogP contribution >= 0.6 is 0 Å². The summed E-state index contributed by atoms with van der Waals surface area (Å²) in [7, 11) is 1.27. The fourth-order valence-electron chi connectivity index (χ4n) is 0.232. The molecule has 0 atom stereocenters. The Labute approximate surface area is 54.3 Å². The fraction of sp³-hybridized carbons (Fsp3) is 0.500. The molecule has 0 aliphatic rings. The first kappa shape index (κ1) is 8.01. The van der Waals surface area contributed by atoms with Gasteiger partial charge in [-0.2, -0.15) is 0 Å². The summed E-state index contributed by atoms with van der Waals surface area (Å²) in [6, 6.07) is 0. The van der Waals surface area contributed by atoms with Crippen molar-refractivity contribution in [3.63, 3.8) is 0 Å². The predicted molar refractivity (Wildman–Crippen MR) is 32.9 cm³/mol. The van der Waals surface area contributed by atoms with Gasteiger partial charge in [0.25, 0.3) is 0 Å². The molecule has 3 nitrogen and oxygen atoms in total. The third-order valence-electron chi connectivity index (χ3n) is 0.818. The molecule has 0 aromatic heterocycles. The minimum atomic E-state index is -0.675. The summed E-state index contributed by atoms with van der Waals surface area (Å²) in [5.41, 5.74) is 0. The predicted octanol–water partition coefficient (Wildman–Crippen LogP) is 1.69. The highest BCUT2D eigenvalue weighted by molar-refractivity contribution is 5.60. The molecule has 0 heterocycles. The summed E-state index contributed by atoms with van der Waals surface area (Å²) >= 11 is 0. The molecule has 0 rings (SSSR count). The lowest BCUT2D eigenvalue weighted by Crippen LogP contribution is -2.01. The van der Waals surface area contributed by atoms with Gasteiger partial charge in [0, 0.05) is 0 Å². The van der Waals surface area contributed by atoms with Crippen molar-refractivity contribution in [2.75, 3.05) is 7.11 Å². The minimum Gasteiger partial charge on any atom is -0.437 e. The van der Waals surface area contributed by atoms with E-state index in [1.54, 1.807) is 19.9 Å². The van der Waals surface area contributed by atoms with E-state index in [1.807, 2.05) is 0 Å². The van der Waals surface area contributed by atoms with Crippen LogP contribution in [0.5, 0.6) is 0 Å². The van der Waals surface area contributed by atoms with Crippen LogP contribution in [-0.4, -0.2) is 13.3 Å². The van der Waals surface area contributed by atoms with Crippen LogP contribution in [0.15, 0.2) is 11.8 Å². The maximum absolute atomic E-state index is 10.3. The van der Waals surface area contributed by atoms with Gasteiger partial charge in [-0.25, -0.2) is 4.79 Å². The van der Waals surface area contributed by atoms with Gasteiger partial charge in [-0.3, -0.25) is 0 Å². The highest BCUT2D eigenvalue weighted by Gasteiger charge is 1.98. The Balaban J connectivity index is 3.60. The molecular weight excluding hydrogens is 120 g/mol. The molecule has 0 bridgehead atoms. The molecule has 0 aromatic rings. The van der Waals surface area contributed by atoms with Crippen molar-refractivity contribution in [2.24, 2.45) is 0 Å². The number of ether oxygens (including phenoxy) is 2. The van der Waals surface area contributed by atoms with E-state index in [-0.39, 0.29) is 0 Å². The van der Waals surface area contributed by atoms with Crippen molar-refractivity contribution in [1.29, 1.82) is 0 Å². The van der Waals surface area contributed by atoms with Crippen molar-refractivity contribution in [3.05, 3.63) is 11.8 Å². The number of carbonyl (C=O) groups is 1. The Hall–Kier alpha value is -0.990. The van der Waals surface area contributed by atoms with Gasteiger partial charge in [-0.05, 0) is 19.9 Å². The second-order valence-electron chi connectivity index (χ2n) is 1.46. The summed E-state index contributed by atoms with van der Waals surface area (Å²) in [5, 5.41) is 0. The van der Waals surface area contributed by atoms with Crippen molar-refractivity contribution in [1.82, 2.24) is 0 Å². The molecule has 0 N–H and O–H groups in total. The number of rotatable bonds is 1. The minimum absolute atomic E-state index is 0.543. The number of hydrogen-bond donors (Lipinski definition) is 0. The number of allylic oxidation sites excluding steroid dienone is 2. The van der Waals surface area contributed by atoms with Gasteiger partial charge in [0.15, 0.2) is 0 Å². The van der Waals surface area contributed by atoms with Crippen LogP contribution in [0.25, 0.3) is 0 Å². The summed E-state index contributed by atoms with van der Waals surface area (Å²) in [5.74, 6) is 0.543. The topological polar surface area (TPSA) is 35.5 Å². The third kappa shape index (κ3) is 3.58. The molecule has 0 saturated heterocycles. The van der Waals surface area contributed by atoms with Crippen LogP contribution in [0.1, 0.15) is 13.8 Å². The molecule has 52 valence electrons. The average Bonchev–Trinajstić information content (AvgIpc) is 1.87. The maximum Gasteiger partial charge on any atom is 0.513 e. The van der Waals surface area contributed by atoms with Crippen LogP contribution in [0.4, 0.5) is 4.79 Å². The Bertz CT molecular complexity index is 126. The van der Waals surface area contributed by atoms with Gasteiger partial charge in [-0.15, -0.1) is 0 Å². The second kappa shape index (κ2) is 3.95. The maximum atomic E-state index is 10.3. The van der Waals surface area contributed by atoms with E-state index in [0.717, 1.165) is 0 Å². The summed E-state index contributed by atoms with van der Waals surface area (Å²) in [6.45, 7) is 3.45. The number of hydrogen-bond acceptors (Lipinski definition) is 3. The largest absolute Gasteiger partial charge is 0.513 e. The van der Waals surface area contributed by atoms with Gasteiger partial charge in [-0.1, -0.05) is 0 Å². The molecule has 0 spiro atoms. The Morgan fingerprint density at radius 1 is 1.56 bits per heavy atom. The van der Waals surface area contributed by atoms with E-state index in [0.29, 0.717) is 5.76 Å². The van der Waals surface area contributed by atoms with Crippen molar-refractivity contribution in [2.45, 2.75) is 13.8 Å². The summed E-state index contributed by atoms with van der Waals surface area (Å²) < 4.78 is 8.77. The smallest absolute Gasteiger partial charge is 0.437 e. The fourth-order valence-corrected chi connectivity index (χ4v) is 0.232. The van der Waals surface area contributed by atoms with Gasteiger partial charge in [0.05, 0.1) is 7.11 Å². The molecule has 0 aliphatic carbocycles. The third-order valence-corrected chi connectivity index (χ3v) is 0.818. The summed E-state index contributed by atoms with van der Waals surface area (Å²) in [6.07, 6.45) is 1.00. The van der Waals surface area contributed by atoms with Crippen LogP contribution in [0.2, 0.25) is 0 Å². The molecule has 3 heteroatoms. The lowest BCUT2D eigenvalue weighted by Gasteiger charge is -1.99. The van der Waals surface area contributed by atoms with E-state index < -0.39 is 6.16 Å². The Morgan fingerprint density at radius 3 is 2.44 bits per heavy atom. The lowest BCUT2D eigenvalue weighted by atomic mass is 10.5. The zero-order chi connectivity index (χ0) is 7.28. The van der Waals surface area contributed by atoms with E-state index in [1.165, 1.54) is 7.11 Å². The Kier molecular flexibility index (Phi) is 3.51. The van der Waals surface area contributed by atoms with Crippen LogP contribution in [0.3, 0.4) is 0 Å². The molecule has 0 aliphatic heterocycles. The van der Waals surface area contributed by atoms with E-state index >= 15 is 0 Å². The highest BCUT2D eigenvalue weighted by Crippen LogP contribution is 1.95.